The Morgan fingerprint density at radius 3 is 2.04 bits per heavy atom. The smallest absolute Gasteiger partial charge is 0.334 e. The standard InChI is InChI=1S/C14H16N6O6S/c1-25-9-6-10(26-2)19-13(18-9)11-7(12(15)21)4-3-5-8(11)20(14(16)22)27(17,23)24/h3-6H,1-2H3,(H2,15,21)(H2,16,22)(H2,17,23,24). The first-order valence-corrected chi connectivity index (χ1v) is 8.63. The fraction of sp³-hybridized carbons (Fsp3) is 0.143. The summed E-state index contributed by atoms with van der Waals surface area (Å²) in [6.07, 6.45) is 0. The van der Waals surface area contributed by atoms with Crippen molar-refractivity contribution in [1.82, 2.24) is 9.97 Å². The largest absolute Gasteiger partial charge is 0.481 e. The number of amides is 3. The number of carbonyl (C=O) groups is 2. The first-order chi connectivity index (χ1) is 12.6. The van der Waals surface area contributed by atoms with Gasteiger partial charge in [-0.2, -0.15) is 22.7 Å². The van der Waals surface area contributed by atoms with Gasteiger partial charge in [-0.05, 0) is 12.1 Å². The molecule has 13 heteroatoms. The number of primary amides is 2. The minimum Gasteiger partial charge on any atom is -0.481 e. The number of nitrogens with zero attached hydrogens (tertiary/aromatic N) is 3. The van der Waals surface area contributed by atoms with Crippen LogP contribution in [-0.2, 0) is 10.2 Å². The highest BCUT2D eigenvalue weighted by molar-refractivity contribution is 7.91. The van der Waals surface area contributed by atoms with E-state index in [1.54, 1.807) is 0 Å². The first-order valence-electron chi connectivity index (χ1n) is 7.12. The molecule has 0 bridgehead atoms. The number of rotatable bonds is 6. The van der Waals surface area contributed by atoms with Crippen LogP contribution >= 0.6 is 0 Å². The van der Waals surface area contributed by atoms with Crippen LogP contribution in [0.1, 0.15) is 10.4 Å². The molecule has 144 valence electrons. The van der Waals surface area contributed by atoms with E-state index in [4.69, 9.17) is 26.1 Å². The summed E-state index contributed by atoms with van der Waals surface area (Å²) in [6, 6.07) is 3.71. The minimum atomic E-state index is -4.63. The van der Waals surface area contributed by atoms with E-state index in [-0.39, 0.29) is 38.7 Å². The number of carbonyl (C=O) groups excluding carboxylic acids is 2. The zero-order valence-electron chi connectivity index (χ0n) is 14.2. The molecule has 0 saturated carbocycles. The minimum absolute atomic E-state index is 0.0447. The average molecular weight is 396 g/mol. The molecule has 0 spiro atoms. The van der Waals surface area contributed by atoms with Crippen LogP contribution in [0.25, 0.3) is 11.4 Å². The van der Waals surface area contributed by atoms with Gasteiger partial charge in [-0.25, -0.2) is 9.93 Å². The molecule has 0 atom stereocenters. The zero-order valence-corrected chi connectivity index (χ0v) is 15.1. The zero-order chi connectivity index (χ0) is 20.4. The third-order valence-corrected chi connectivity index (χ3v) is 4.19. The molecule has 1 aromatic carbocycles. The van der Waals surface area contributed by atoms with E-state index in [9.17, 15) is 18.0 Å². The summed E-state index contributed by atoms with van der Waals surface area (Å²) in [6.45, 7) is 0. The maximum Gasteiger partial charge on any atom is 0.334 e. The van der Waals surface area contributed by atoms with E-state index in [0.29, 0.717) is 0 Å². The lowest BCUT2D eigenvalue weighted by atomic mass is 10.0. The molecular formula is C14H16N6O6S. The van der Waals surface area contributed by atoms with Crippen LogP contribution in [-0.4, -0.2) is 44.5 Å². The molecule has 27 heavy (non-hydrogen) atoms. The first kappa shape index (κ1) is 19.9. The molecule has 12 nitrogen and oxygen atoms in total. The lowest BCUT2D eigenvalue weighted by Gasteiger charge is -2.21. The maximum absolute atomic E-state index is 11.9. The van der Waals surface area contributed by atoms with E-state index in [1.165, 1.54) is 38.5 Å². The van der Waals surface area contributed by atoms with E-state index >= 15 is 0 Å². The van der Waals surface area contributed by atoms with Crippen molar-refractivity contribution < 1.29 is 27.5 Å². The molecule has 1 aromatic heterocycles. The molecule has 0 saturated heterocycles. The quantitative estimate of drug-likeness (QED) is 0.572. The number of hydrogen-bond acceptors (Lipinski definition) is 8. The van der Waals surface area contributed by atoms with Crippen molar-refractivity contribution in [1.29, 1.82) is 0 Å². The molecule has 0 fully saturated rings. The van der Waals surface area contributed by atoms with Gasteiger partial charge in [-0.3, -0.25) is 4.79 Å². The topological polar surface area (TPSA) is 194 Å². The molecule has 2 rings (SSSR count). The van der Waals surface area contributed by atoms with Crippen molar-refractivity contribution in [2.45, 2.75) is 0 Å². The summed E-state index contributed by atoms with van der Waals surface area (Å²) in [5, 5.41) is 5.09. The van der Waals surface area contributed by atoms with Crippen LogP contribution in [0.3, 0.4) is 0 Å². The molecule has 0 aliphatic rings. The molecular weight excluding hydrogens is 380 g/mol. The molecule has 0 aliphatic carbocycles. The van der Waals surface area contributed by atoms with Gasteiger partial charge in [0.15, 0.2) is 5.82 Å². The molecule has 2 aromatic rings. The van der Waals surface area contributed by atoms with E-state index in [2.05, 4.69) is 9.97 Å². The van der Waals surface area contributed by atoms with E-state index in [1.807, 2.05) is 0 Å². The number of methoxy groups -OCH3 is 2. The van der Waals surface area contributed by atoms with Gasteiger partial charge >= 0.3 is 16.2 Å². The number of anilines is 1. The van der Waals surface area contributed by atoms with Crippen molar-refractivity contribution in [2.24, 2.45) is 16.6 Å². The number of benzene rings is 1. The predicted molar refractivity (Wildman–Crippen MR) is 94.3 cm³/mol. The number of nitrogens with two attached hydrogens (primary N) is 3. The SMILES string of the molecule is COc1cc(OC)nc(-c2c(C(N)=O)cccc2N(C(N)=O)S(N)(=O)=O)n1. The number of ether oxygens (including phenoxy) is 2. The second kappa shape index (κ2) is 7.43. The normalized spacial score (nSPS) is 10.9. The van der Waals surface area contributed by atoms with Gasteiger partial charge in [0.2, 0.25) is 17.7 Å². The van der Waals surface area contributed by atoms with Crippen LogP contribution in [0.15, 0.2) is 24.3 Å². The van der Waals surface area contributed by atoms with Crippen LogP contribution in [0.5, 0.6) is 11.8 Å². The summed E-state index contributed by atoms with van der Waals surface area (Å²) >= 11 is 0. The van der Waals surface area contributed by atoms with Gasteiger partial charge in [-0.1, -0.05) is 6.07 Å². The second-order valence-electron chi connectivity index (χ2n) is 4.99. The predicted octanol–water partition coefficient (Wildman–Crippen LogP) is -0.652. The van der Waals surface area contributed by atoms with Gasteiger partial charge < -0.3 is 20.9 Å². The van der Waals surface area contributed by atoms with Crippen LogP contribution < -0.4 is 30.4 Å². The highest BCUT2D eigenvalue weighted by Crippen LogP contribution is 2.35. The third kappa shape index (κ3) is 4.04. The van der Waals surface area contributed by atoms with Crippen molar-refractivity contribution in [3.63, 3.8) is 0 Å². The Morgan fingerprint density at radius 1 is 1.07 bits per heavy atom. The molecule has 6 N–H and O–H groups in total. The average Bonchev–Trinajstić information content (AvgIpc) is 2.59. The van der Waals surface area contributed by atoms with E-state index < -0.39 is 22.1 Å². The van der Waals surface area contributed by atoms with E-state index in [0.717, 1.165) is 0 Å². The summed E-state index contributed by atoms with van der Waals surface area (Å²) in [5.41, 5.74) is 9.79. The molecule has 1 heterocycles. The Balaban J connectivity index is 2.94. The van der Waals surface area contributed by atoms with Gasteiger partial charge in [-0.15, -0.1) is 0 Å². The number of aromatic nitrogens is 2. The second-order valence-corrected chi connectivity index (χ2v) is 6.38. The van der Waals surface area contributed by atoms with Gasteiger partial charge in [0, 0.05) is 0 Å². The summed E-state index contributed by atoms with van der Waals surface area (Å²) < 4.78 is 33.9. The fourth-order valence-electron chi connectivity index (χ4n) is 2.26. The molecule has 0 radical (unpaired) electrons. The van der Waals surface area contributed by atoms with Crippen molar-refractivity contribution in [3.8, 4) is 23.1 Å². The third-order valence-electron chi connectivity index (χ3n) is 3.30. The van der Waals surface area contributed by atoms with Crippen molar-refractivity contribution >= 4 is 27.8 Å². The fourth-order valence-corrected chi connectivity index (χ4v) is 2.93. The highest BCUT2D eigenvalue weighted by Gasteiger charge is 2.30. The summed E-state index contributed by atoms with van der Waals surface area (Å²) in [5.74, 6) is -1.05. The van der Waals surface area contributed by atoms with Crippen LogP contribution in [0.4, 0.5) is 10.5 Å². The Bertz CT molecular complexity index is 987. The maximum atomic E-state index is 11.9. The molecule has 0 aliphatic heterocycles. The monoisotopic (exact) mass is 396 g/mol. The Hall–Kier alpha value is -3.45. The van der Waals surface area contributed by atoms with Gasteiger partial charge in [0.25, 0.3) is 0 Å². The Labute approximate surface area is 154 Å². The summed E-state index contributed by atoms with van der Waals surface area (Å²) in [7, 11) is -1.98. The lowest BCUT2D eigenvalue weighted by molar-refractivity contribution is 0.100. The molecule has 3 amide bonds. The summed E-state index contributed by atoms with van der Waals surface area (Å²) in [4.78, 5) is 31.8. The van der Waals surface area contributed by atoms with Crippen molar-refractivity contribution in [2.75, 3.05) is 18.5 Å². The number of hydrogen-bond donors (Lipinski definition) is 3. The Kier molecular flexibility index (Phi) is 5.47. The highest BCUT2D eigenvalue weighted by atomic mass is 32.2. The lowest BCUT2D eigenvalue weighted by Crippen LogP contribution is -2.45. The van der Waals surface area contributed by atoms with Gasteiger partial charge in [0.1, 0.15) is 0 Å². The Morgan fingerprint density at radius 2 is 1.63 bits per heavy atom. The van der Waals surface area contributed by atoms with Crippen molar-refractivity contribution in [3.05, 3.63) is 29.8 Å². The van der Waals surface area contributed by atoms with Gasteiger partial charge in [0.05, 0.1) is 37.1 Å². The number of urea groups is 1. The van der Waals surface area contributed by atoms with Crippen LogP contribution in [0.2, 0.25) is 0 Å². The molecule has 0 unspecified atom stereocenters. The van der Waals surface area contributed by atoms with Crippen LogP contribution in [0, 0.1) is 0 Å².